The van der Waals surface area contributed by atoms with Crippen LogP contribution in [0.15, 0.2) is 12.1 Å². The Labute approximate surface area is 129 Å². The third kappa shape index (κ3) is 4.38. The minimum atomic E-state index is -0.645. The number of rotatable bonds is 4. The fourth-order valence-electron chi connectivity index (χ4n) is 2.52. The van der Waals surface area contributed by atoms with Crippen LogP contribution in [0.2, 0.25) is 0 Å². The first-order valence-corrected chi connectivity index (χ1v) is 7.11. The van der Waals surface area contributed by atoms with E-state index in [1.54, 1.807) is 0 Å². The largest absolute Gasteiger partial charge is 0.352 e. The zero-order valence-electron chi connectivity index (χ0n) is 12.0. The molecule has 1 aromatic rings. The van der Waals surface area contributed by atoms with E-state index in [0.717, 1.165) is 38.4 Å². The van der Waals surface area contributed by atoms with Gasteiger partial charge in [-0.2, -0.15) is 0 Å². The molecule has 1 aliphatic rings. The predicted molar refractivity (Wildman–Crippen MR) is 81.1 cm³/mol. The number of nitrogens with one attached hydrogen (secondary N) is 2. The Morgan fingerprint density at radius 2 is 1.95 bits per heavy atom. The van der Waals surface area contributed by atoms with Crippen LogP contribution in [0.5, 0.6) is 0 Å². The average molecular weight is 319 g/mol. The molecule has 21 heavy (non-hydrogen) atoms. The van der Waals surface area contributed by atoms with E-state index in [9.17, 15) is 13.6 Å². The van der Waals surface area contributed by atoms with Gasteiger partial charge in [-0.15, -0.1) is 12.4 Å². The molecule has 2 N–H and O–H groups in total. The molecule has 0 atom stereocenters. The van der Waals surface area contributed by atoms with Crippen molar-refractivity contribution in [2.24, 2.45) is 0 Å². The van der Waals surface area contributed by atoms with Crippen molar-refractivity contribution >= 4 is 18.3 Å². The molecule has 1 amide bonds. The minimum Gasteiger partial charge on any atom is -0.352 e. The van der Waals surface area contributed by atoms with Crippen LogP contribution < -0.4 is 10.6 Å². The maximum atomic E-state index is 14.1. The zero-order valence-corrected chi connectivity index (χ0v) is 12.9. The van der Waals surface area contributed by atoms with Gasteiger partial charge in [0.1, 0.15) is 11.6 Å². The topological polar surface area (TPSA) is 41.1 Å². The average Bonchev–Trinajstić information content (AvgIpc) is 2.47. The van der Waals surface area contributed by atoms with Gasteiger partial charge in [0.2, 0.25) is 0 Å². The van der Waals surface area contributed by atoms with Crippen molar-refractivity contribution in [3.8, 4) is 0 Å². The summed E-state index contributed by atoms with van der Waals surface area (Å²) in [7, 11) is 0. The summed E-state index contributed by atoms with van der Waals surface area (Å²) in [4.78, 5) is 11.7. The van der Waals surface area contributed by atoms with Gasteiger partial charge in [0.25, 0.3) is 5.91 Å². The van der Waals surface area contributed by atoms with Gasteiger partial charge in [0, 0.05) is 6.54 Å². The van der Waals surface area contributed by atoms with E-state index in [4.69, 9.17) is 0 Å². The van der Waals surface area contributed by atoms with Gasteiger partial charge < -0.3 is 10.6 Å². The summed E-state index contributed by atoms with van der Waals surface area (Å²) < 4.78 is 28.1. The number of halogens is 3. The van der Waals surface area contributed by atoms with Crippen LogP contribution in [0, 0.1) is 11.6 Å². The first-order chi connectivity index (χ1) is 9.63. The van der Waals surface area contributed by atoms with Crippen LogP contribution in [0.3, 0.4) is 0 Å². The van der Waals surface area contributed by atoms with Crippen molar-refractivity contribution in [1.29, 1.82) is 0 Å². The molecule has 2 rings (SSSR count). The van der Waals surface area contributed by atoms with Crippen molar-refractivity contribution in [2.75, 3.05) is 19.6 Å². The zero-order chi connectivity index (χ0) is 14.5. The van der Waals surface area contributed by atoms with E-state index in [0.29, 0.717) is 12.1 Å². The lowest BCUT2D eigenvalue weighted by molar-refractivity contribution is 0.0949. The lowest BCUT2D eigenvalue weighted by atomic mass is 9.89. The molecule has 6 heteroatoms. The minimum absolute atomic E-state index is 0. The lowest BCUT2D eigenvalue weighted by Gasteiger charge is -2.23. The molecule has 118 valence electrons. The van der Waals surface area contributed by atoms with E-state index in [2.05, 4.69) is 10.6 Å². The van der Waals surface area contributed by atoms with Crippen LogP contribution in [0.1, 0.15) is 48.0 Å². The summed E-state index contributed by atoms with van der Waals surface area (Å²) in [5.41, 5.74) is 0.171. The molecule has 0 saturated carbocycles. The molecule has 3 nitrogen and oxygen atoms in total. The van der Waals surface area contributed by atoms with Gasteiger partial charge in [-0.1, -0.05) is 6.92 Å². The number of benzene rings is 1. The highest BCUT2D eigenvalue weighted by Crippen LogP contribution is 2.29. The smallest absolute Gasteiger partial charge is 0.254 e. The summed E-state index contributed by atoms with van der Waals surface area (Å²) in [6.07, 6.45) is 2.33. The number of carbonyl (C=O) groups is 1. The quantitative estimate of drug-likeness (QED) is 0.896. The second-order valence-corrected chi connectivity index (χ2v) is 5.13. The van der Waals surface area contributed by atoms with Gasteiger partial charge >= 0.3 is 0 Å². The van der Waals surface area contributed by atoms with E-state index >= 15 is 0 Å². The highest BCUT2D eigenvalue weighted by atomic mass is 35.5. The SMILES string of the molecule is CCCNC(=O)c1cc(F)c(C2CCNCC2)cc1F.Cl. The maximum Gasteiger partial charge on any atom is 0.254 e. The van der Waals surface area contributed by atoms with Crippen molar-refractivity contribution in [3.63, 3.8) is 0 Å². The molecular weight excluding hydrogens is 298 g/mol. The van der Waals surface area contributed by atoms with Crippen molar-refractivity contribution in [1.82, 2.24) is 10.6 Å². The highest BCUT2D eigenvalue weighted by Gasteiger charge is 2.22. The highest BCUT2D eigenvalue weighted by molar-refractivity contribution is 5.94. The van der Waals surface area contributed by atoms with Gasteiger partial charge in [0.05, 0.1) is 5.56 Å². The Bertz CT molecular complexity index is 491. The Balaban J connectivity index is 0.00000220. The number of amides is 1. The molecule has 1 saturated heterocycles. The van der Waals surface area contributed by atoms with Crippen LogP contribution >= 0.6 is 12.4 Å². The number of hydrogen-bond donors (Lipinski definition) is 2. The van der Waals surface area contributed by atoms with Crippen molar-refractivity contribution in [2.45, 2.75) is 32.1 Å². The Morgan fingerprint density at radius 1 is 1.29 bits per heavy atom. The summed E-state index contributed by atoms with van der Waals surface area (Å²) in [5, 5.41) is 5.75. The van der Waals surface area contributed by atoms with Crippen molar-refractivity contribution < 1.29 is 13.6 Å². The first kappa shape index (κ1) is 17.9. The molecule has 1 heterocycles. The van der Waals surface area contributed by atoms with E-state index in [1.165, 1.54) is 6.07 Å². The molecule has 0 aliphatic carbocycles. The molecule has 1 fully saturated rings. The molecule has 0 aromatic heterocycles. The second kappa shape index (κ2) is 8.29. The van der Waals surface area contributed by atoms with Crippen LogP contribution in [-0.4, -0.2) is 25.5 Å². The summed E-state index contributed by atoms with van der Waals surface area (Å²) >= 11 is 0. The van der Waals surface area contributed by atoms with Gasteiger partial charge in [-0.05, 0) is 56.0 Å². The van der Waals surface area contributed by atoms with Crippen LogP contribution in [0.4, 0.5) is 8.78 Å². The number of piperidine rings is 1. The lowest BCUT2D eigenvalue weighted by Crippen LogP contribution is -2.28. The maximum absolute atomic E-state index is 14.1. The molecule has 0 spiro atoms. The molecule has 0 bridgehead atoms. The molecule has 1 aromatic carbocycles. The summed E-state index contributed by atoms with van der Waals surface area (Å²) in [5.74, 6) is -1.66. The van der Waals surface area contributed by atoms with Gasteiger partial charge in [-0.3, -0.25) is 4.79 Å². The normalized spacial score (nSPS) is 15.4. The third-order valence-electron chi connectivity index (χ3n) is 3.65. The van der Waals surface area contributed by atoms with E-state index in [-0.39, 0.29) is 23.9 Å². The van der Waals surface area contributed by atoms with E-state index in [1.807, 2.05) is 6.92 Å². The van der Waals surface area contributed by atoms with Gasteiger partial charge in [0.15, 0.2) is 0 Å². The van der Waals surface area contributed by atoms with Crippen molar-refractivity contribution in [3.05, 3.63) is 34.9 Å². The third-order valence-corrected chi connectivity index (χ3v) is 3.65. The summed E-state index contributed by atoms with van der Waals surface area (Å²) in [6, 6.07) is 2.21. The fraction of sp³-hybridized carbons (Fsp3) is 0.533. The van der Waals surface area contributed by atoms with Crippen LogP contribution in [0.25, 0.3) is 0 Å². The number of carbonyl (C=O) groups excluding carboxylic acids is 1. The molecular formula is C15H21ClF2N2O. The monoisotopic (exact) mass is 318 g/mol. The Hall–Kier alpha value is -1.20. The standard InChI is InChI=1S/C15H20F2N2O.ClH/c1-2-5-19-15(20)12-9-13(16)11(8-14(12)17)10-3-6-18-7-4-10;/h8-10,18H,2-7H2,1H3,(H,19,20);1H. The Kier molecular flexibility index (Phi) is 7.05. The van der Waals surface area contributed by atoms with Crippen LogP contribution in [-0.2, 0) is 0 Å². The van der Waals surface area contributed by atoms with Gasteiger partial charge in [-0.25, -0.2) is 8.78 Å². The van der Waals surface area contributed by atoms with E-state index < -0.39 is 17.5 Å². The first-order valence-electron chi connectivity index (χ1n) is 7.11. The number of hydrogen-bond acceptors (Lipinski definition) is 2. The predicted octanol–water partition coefficient (Wildman–Crippen LogP) is 2.99. The fourth-order valence-corrected chi connectivity index (χ4v) is 2.52. The molecule has 0 radical (unpaired) electrons. The second-order valence-electron chi connectivity index (χ2n) is 5.13. The Morgan fingerprint density at radius 3 is 2.57 bits per heavy atom. The summed E-state index contributed by atoms with van der Waals surface area (Å²) in [6.45, 7) is 3.97. The molecule has 1 aliphatic heterocycles. The molecule has 0 unspecified atom stereocenters.